The Labute approximate surface area is 117 Å². The van der Waals surface area contributed by atoms with Crippen LogP contribution in [0.2, 0.25) is 0 Å². The number of sulfonamides is 1. The zero-order valence-electron chi connectivity index (χ0n) is 11.6. The third-order valence-electron chi connectivity index (χ3n) is 2.79. The summed E-state index contributed by atoms with van der Waals surface area (Å²) in [6, 6.07) is 1.72. The summed E-state index contributed by atoms with van der Waals surface area (Å²) in [5, 5.41) is 8.95. The summed E-state index contributed by atoms with van der Waals surface area (Å²) in [7, 11) is 0.695. The first-order chi connectivity index (χ1) is 9.20. The second kappa shape index (κ2) is 6.57. The summed E-state index contributed by atoms with van der Waals surface area (Å²) in [6.07, 6.45) is 0. The van der Waals surface area contributed by atoms with Crippen molar-refractivity contribution in [1.82, 2.24) is 9.21 Å². The minimum Gasteiger partial charge on any atom is -0.392 e. The molecule has 20 heavy (non-hydrogen) atoms. The van der Waals surface area contributed by atoms with E-state index < -0.39 is 33.2 Å². The Morgan fingerprint density at radius 2 is 1.75 bits per heavy atom. The van der Waals surface area contributed by atoms with Gasteiger partial charge >= 0.3 is 0 Å². The summed E-state index contributed by atoms with van der Waals surface area (Å²) in [4.78, 5) is 1.01. The molecule has 1 N–H and O–H groups in total. The summed E-state index contributed by atoms with van der Waals surface area (Å²) < 4.78 is 52.4. The highest BCUT2D eigenvalue weighted by Crippen LogP contribution is 2.22. The number of nitrogens with zero attached hydrogens (tertiary/aromatic N) is 2. The molecule has 0 heterocycles. The lowest BCUT2D eigenvalue weighted by molar-refractivity contribution is 0.280. The van der Waals surface area contributed by atoms with Gasteiger partial charge in [-0.1, -0.05) is 0 Å². The third kappa shape index (κ3) is 3.72. The zero-order chi connectivity index (χ0) is 15.5. The molecule has 0 amide bonds. The number of aliphatic hydroxyl groups excluding tert-OH is 1. The van der Waals surface area contributed by atoms with E-state index in [4.69, 9.17) is 5.11 Å². The van der Waals surface area contributed by atoms with E-state index in [0.29, 0.717) is 6.54 Å². The zero-order valence-corrected chi connectivity index (χ0v) is 12.4. The van der Waals surface area contributed by atoms with Crippen molar-refractivity contribution in [2.75, 3.05) is 34.2 Å². The Kier molecular flexibility index (Phi) is 5.58. The number of aliphatic hydroxyl groups is 1. The monoisotopic (exact) mass is 308 g/mol. The first kappa shape index (κ1) is 17.0. The van der Waals surface area contributed by atoms with E-state index in [-0.39, 0.29) is 12.1 Å². The van der Waals surface area contributed by atoms with Crippen LogP contribution in [0.25, 0.3) is 0 Å². The van der Waals surface area contributed by atoms with Gasteiger partial charge < -0.3 is 10.0 Å². The van der Waals surface area contributed by atoms with Gasteiger partial charge in [-0.15, -0.1) is 0 Å². The molecule has 0 aliphatic carbocycles. The average molecular weight is 308 g/mol. The fraction of sp³-hybridized carbons (Fsp3) is 0.500. The highest BCUT2D eigenvalue weighted by molar-refractivity contribution is 7.89. The van der Waals surface area contributed by atoms with E-state index in [1.54, 1.807) is 19.0 Å². The molecule has 0 radical (unpaired) electrons. The minimum absolute atomic E-state index is 0.00323. The van der Waals surface area contributed by atoms with E-state index >= 15 is 0 Å². The standard InChI is InChI=1S/C12H18F2N2O3S/c1-15(2)4-5-16(3)20(18,19)11-7-9(8-17)6-10(13)12(11)14/h6-7,17H,4-5,8H2,1-3H3. The van der Waals surface area contributed by atoms with Crippen LogP contribution in [0, 0.1) is 11.6 Å². The summed E-state index contributed by atoms with van der Waals surface area (Å²) in [6.45, 7) is 0.0143. The Morgan fingerprint density at radius 1 is 1.15 bits per heavy atom. The molecule has 0 saturated carbocycles. The van der Waals surface area contributed by atoms with Crippen LogP contribution in [0.4, 0.5) is 8.78 Å². The van der Waals surface area contributed by atoms with Gasteiger partial charge in [0, 0.05) is 20.1 Å². The third-order valence-corrected chi connectivity index (χ3v) is 4.64. The van der Waals surface area contributed by atoms with Crippen molar-refractivity contribution in [2.45, 2.75) is 11.5 Å². The maximum Gasteiger partial charge on any atom is 0.245 e. The number of hydrogen-bond acceptors (Lipinski definition) is 4. The number of hydrogen-bond donors (Lipinski definition) is 1. The van der Waals surface area contributed by atoms with Gasteiger partial charge in [-0.05, 0) is 31.8 Å². The van der Waals surface area contributed by atoms with Gasteiger partial charge in [-0.3, -0.25) is 0 Å². The van der Waals surface area contributed by atoms with Crippen LogP contribution in [0.1, 0.15) is 5.56 Å². The van der Waals surface area contributed by atoms with Gasteiger partial charge in [0.1, 0.15) is 4.90 Å². The first-order valence-electron chi connectivity index (χ1n) is 5.90. The van der Waals surface area contributed by atoms with Crippen molar-refractivity contribution in [3.8, 4) is 0 Å². The molecule has 0 aliphatic heterocycles. The van der Waals surface area contributed by atoms with E-state index in [0.717, 1.165) is 16.4 Å². The van der Waals surface area contributed by atoms with Crippen LogP contribution < -0.4 is 0 Å². The molecule has 1 aromatic carbocycles. The molecule has 1 aromatic rings. The van der Waals surface area contributed by atoms with Crippen LogP contribution in [0.5, 0.6) is 0 Å². The predicted octanol–water partition coefficient (Wildman–Crippen LogP) is 0.639. The van der Waals surface area contributed by atoms with Crippen molar-refractivity contribution in [1.29, 1.82) is 0 Å². The number of halogens is 2. The molecule has 0 unspecified atom stereocenters. The average Bonchev–Trinajstić information content (AvgIpc) is 2.38. The first-order valence-corrected chi connectivity index (χ1v) is 7.34. The molecule has 0 bridgehead atoms. The largest absolute Gasteiger partial charge is 0.392 e. The normalized spacial score (nSPS) is 12.4. The summed E-state index contributed by atoms with van der Waals surface area (Å²) in [5.74, 6) is -2.73. The van der Waals surface area contributed by atoms with Gasteiger partial charge in [0.25, 0.3) is 0 Å². The summed E-state index contributed by atoms with van der Waals surface area (Å²) >= 11 is 0. The number of rotatable bonds is 6. The lowest BCUT2D eigenvalue weighted by Crippen LogP contribution is -2.34. The molecular formula is C12H18F2N2O3S. The van der Waals surface area contributed by atoms with Gasteiger partial charge in [0.05, 0.1) is 6.61 Å². The highest BCUT2D eigenvalue weighted by atomic mass is 32.2. The molecule has 0 atom stereocenters. The smallest absolute Gasteiger partial charge is 0.245 e. The van der Waals surface area contributed by atoms with E-state index in [1.807, 2.05) is 0 Å². The van der Waals surface area contributed by atoms with Crippen LogP contribution in [0.3, 0.4) is 0 Å². The van der Waals surface area contributed by atoms with E-state index in [2.05, 4.69) is 0 Å². The fourth-order valence-electron chi connectivity index (χ4n) is 1.53. The second-order valence-electron chi connectivity index (χ2n) is 4.68. The Bertz CT molecular complexity index is 576. The predicted molar refractivity (Wildman–Crippen MR) is 70.7 cm³/mol. The Balaban J connectivity index is 3.18. The SMILES string of the molecule is CN(C)CCN(C)S(=O)(=O)c1cc(CO)cc(F)c1F. The number of likely N-dealkylation sites (N-methyl/N-ethyl adjacent to an activating group) is 2. The molecule has 0 saturated heterocycles. The fourth-order valence-corrected chi connectivity index (χ4v) is 2.81. The quantitative estimate of drug-likeness (QED) is 0.838. The molecule has 8 heteroatoms. The van der Waals surface area contributed by atoms with Gasteiger partial charge in [-0.25, -0.2) is 17.2 Å². The second-order valence-corrected chi connectivity index (χ2v) is 6.69. The van der Waals surface area contributed by atoms with Gasteiger partial charge in [0.15, 0.2) is 11.6 Å². The maximum absolute atomic E-state index is 13.7. The number of benzene rings is 1. The van der Waals surface area contributed by atoms with Crippen molar-refractivity contribution in [3.63, 3.8) is 0 Å². The molecule has 0 aromatic heterocycles. The van der Waals surface area contributed by atoms with Crippen LogP contribution in [-0.2, 0) is 16.6 Å². The summed E-state index contributed by atoms with van der Waals surface area (Å²) in [5.41, 5.74) is 0.00323. The molecule has 0 spiro atoms. The topological polar surface area (TPSA) is 60.9 Å². The Morgan fingerprint density at radius 3 is 2.25 bits per heavy atom. The van der Waals surface area contributed by atoms with Crippen LogP contribution in [-0.4, -0.2) is 57.0 Å². The van der Waals surface area contributed by atoms with Crippen molar-refractivity contribution in [3.05, 3.63) is 29.3 Å². The minimum atomic E-state index is -4.14. The Hall–Kier alpha value is -1.09. The molecule has 0 fully saturated rings. The molecule has 5 nitrogen and oxygen atoms in total. The van der Waals surface area contributed by atoms with Crippen molar-refractivity contribution in [2.24, 2.45) is 0 Å². The molecule has 1 rings (SSSR count). The lowest BCUT2D eigenvalue weighted by Gasteiger charge is -2.20. The van der Waals surface area contributed by atoms with Crippen LogP contribution >= 0.6 is 0 Å². The maximum atomic E-state index is 13.7. The van der Waals surface area contributed by atoms with E-state index in [9.17, 15) is 17.2 Å². The van der Waals surface area contributed by atoms with Gasteiger partial charge in [-0.2, -0.15) is 4.31 Å². The van der Waals surface area contributed by atoms with Crippen molar-refractivity contribution < 1.29 is 22.3 Å². The lowest BCUT2D eigenvalue weighted by atomic mass is 10.2. The van der Waals surface area contributed by atoms with Crippen molar-refractivity contribution >= 4 is 10.0 Å². The van der Waals surface area contributed by atoms with E-state index in [1.165, 1.54) is 7.05 Å². The van der Waals surface area contributed by atoms with Crippen LogP contribution in [0.15, 0.2) is 17.0 Å². The molecule has 114 valence electrons. The molecular weight excluding hydrogens is 290 g/mol. The molecule has 0 aliphatic rings. The highest BCUT2D eigenvalue weighted by Gasteiger charge is 2.27. The van der Waals surface area contributed by atoms with Gasteiger partial charge in [0.2, 0.25) is 10.0 Å².